The highest BCUT2D eigenvalue weighted by Crippen LogP contribution is 2.34. The van der Waals surface area contributed by atoms with Crippen molar-refractivity contribution in [1.82, 2.24) is 9.97 Å². The number of hydrogen-bond donors (Lipinski definition) is 1. The lowest BCUT2D eigenvalue weighted by Crippen LogP contribution is -2.37. The van der Waals surface area contributed by atoms with Crippen LogP contribution < -0.4 is 18.9 Å². The van der Waals surface area contributed by atoms with E-state index in [2.05, 4.69) is 9.97 Å². The first-order valence-electron chi connectivity index (χ1n) is 19.3. The van der Waals surface area contributed by atoms with Gasteiger partial charge in [0.05, 0.1) is 5.56 Å². The van der Waals surface area contributed by atoms with Gasteiger partial charge in [-0.3, -0.25) is 4.79 Å². The lowest BCUT2D eigenvalue weighted by Gasteiger charge is -2.31. The molecule has 59 heavy (non-hydrogen) atoms. The molecule has 8 aromatic rings. The fraction of sp³-hybridized carbons (Fsp3) is 0.204. The van der Waals surface area contributed by atoms with Crippen molar-refractivity contribution < 1.29 is 37.7 Å². The molecular weight excluding hydrogens is 745 g/mol. The first-order valence-corrected chi connectivity index (χ1v) is 19.3. The quantitative estimate of drug-likeness (QED) is 0.0944. The number of ether oxygens (including phenoxy) is 4. The summed E-state index contributed by atoms with van der Waals surface area (Å²) in [6.07, 6.45) is -1.39. The molecule has 0 radical (unpaired) electrons. The number of nitrogens with zero attached hydrogens (tertiary/aromatic N) is 2. The number of aromatic hydroxyl groups is 1. The largest absolute Gasteiger partial charge is 0.507 e. The average Bonchev–Trinajstić information content (AvgIpc) is 3.86. The van der Waals surface area contributed by atoms with Crippen LogP contribution in [0, 0.1) is 10.8 Å². The van der Waals surface area contributed by atoms with Gasteiger partial charge in [0.2, 0.25) is 24.4 Å². The zero-order chi connectivity index (χ0) is 41.3. The minimum Gasteiger partial charge on any atom is -0.507 e. The summed E-state index contributed by atoms with van der Waals surface area (Å²) >= 11 is 0. The molecule has 0 aliphatic carbocycles. The molecule has 298 valence electrons. The summed E-state index contributed by atoms with van der Waals surface area (Å²) in [5, 5.41) is 11.0. The zero-order valence-electron chi connectivity index (χ0n) is 33.6. The molecule has 0 saturated heterocycles. The molecule has 0 aliphatic rings. The molecule has 2 atom stereocenters. The fourth-order valence-electron chi connectivity index (χ4n) is 6.21. The van der Waals surface area contributed by atoms with Gasteiger partial charge in [0.25, 0.3) is 0 Å². The van der Waals surface area contributed by atoms with E-state index in [1.165, 1.54) is 6.07 Å². The van der Waals surface area contributed by atoms with Crippen molar-refractivity contribution in [3.05, 3.63) is 151 Å². The van der Waals surface area contributed by atoms with Crippen LogP contribution in [0.2, 0.25) is 0 Å². The summed E-state index contributed by atoms with van der Waals surface area (Å²) in [6.45, 7) is 12.0. The van der Waals surface area contributed by atoms with Gasteiger partial charge >= 0.3 is 0 Å². The lowest BCUT2D eigenvalue weighted by molar-refractivity contribution is -0.0728. The maximum Gasteiger partial charge on any atom is 0.245 e. The maximum absolute atomic E-state index is 13.6. The molecule has 0 spiro atoms. The summed E-state index contributed by atoms with van der Waals surface area (Å²) in [6, 6.07) is 41.6. The third-order valence-electron chi connectivity index (χ3n) is 9.51. The zero-order valence-corrected chi connectivity index (χ0v) is 33.6. The Labute approximate surface area is 342 Å². The predicted octanol–water partition coefficient (Wildman–Crippen LogP) is 11.9. The van der Waals surface area contributed by atoms with Gasteiger partial charge in [-0.05, 0) is 109 Å². The summed E-state index contributed by atoms with van der Waals surface area (Å²) in [4.78, 5) is 22.7. The molecule has 1 N–H and O–H groups in total. The van der Waals surface area contributed by atoms with Crippen LogP contribution in [0.4, 0.5) is 0 Å². The lowest BCUT2D eigenvalue weighted by atomic mass is 9.95. The number of benzene rings is 6. The fourth-order valence-corrected chi connectivity index (χ4v) is 6.21. The molecule has 8 rings (SSSR count). The first kappa shape index (κ1) is 38.8. The van der Waals surface area contributed by atoms with Crippen molar-refractivity contribution in [2.24, 2.45) is 10.8 Å². The van der Waals surface area contributed by atoms with E-state index in [9.17, 15) is 9.90 Å². The van der Waals surface area contributed by atoms with Crippen LogP contribution in [-0.2, 0) is 0 Å². The second-order valence-corrected chi connectivity index (χ2v) is 16.4. The van der Waals surface area contributed by atoms with Crippen molar-refractivity contribution in [3.63, 3.8) is 0 Å². The minimum atomic E-state index is -0.730. The number of para-hydroxylation sites is 4. The number of phenols is 1. The number of ketones is 1. The molecule has 10 nitrogen and oxygen atoms in total. The summed E-state index contributed by atoms with van der Waals surface area (Å²) in [7, 11) is 0. The van der Waals surface area contributed by atoms with Gasteiger partial charge < -0.3 is 32.9 Å². The Morgan fingerprint density at radius 2 is 0.915 bits per heavy atom. The van der Waals surface area contributed by atoms with Gasteiger partial charge in [-0.1, -0.05) is 65.8 Å². The van der Waals surface area contributed by atoms with Gasteiger partial charge in [-0.25, -0.2) is 9.97 Å². The van der Waals surface area contributed by atoms with E-state index in [0.717, 1.165) is 33.3 Å². The molecule has 2 heterocycles. The van der Waals surface area contributed by atoms with Crippen molar-refractivity contribution in [2.45, 2.75) is 54.1 Å². The number of phenolic OH excluding ortho intramolecular Hbond substituents is 1. The van der Waals surface area contributed by atoms with E-state index >= 15 is 0 Å². The van der Waals surface area contributed by atoms with Crippen molar-refractivity contribution in [2.75, 3.05) is 0 Å². The van der Waals surface area contributed by atoms with Crippen LogP contribution in [-0.4, -0.2) is 33.4 Å². The summed E-state index contributed by atoms with van der Waals surface area (Å²) in [5.74, 6) is 2.55. The maximum atomic E-state index is 13.6. The van der Waals surface area contributed by atoms with Gasteiger partial charge in [0.1, 0.15) is 39.8 Å². The highest BCUT2D eigenvalue weighted by atomic mass is 16.7. The van der Waals surface area contributed by atoms with E-state index in [-0.39, 0.29) is 17.1 Å². The van der Waals surface area contributed by atoms with E-state index in [0.29, 0.717) is 40.3 Å². The van der Waals surface area contributed by atoms with Crippen molar-refractivity contribution in [3.8, 4) is 51.7 Å². The molecule has 2 aromatic heterocycles. The van der Waals surface area contributed by atoms with Gasteiger partial charge in [-0.2, -0.15) is 0 Å². The van der Waals surface area contributed by atoms with Crippen LogP contribution in [0.15, 0.2) is 148 Å². The third-order valence-corrected chi connectivity index (χ3v) is 9.51. The van der Waals surface area contributed by atoms with Gasteiger partial charge in [0, 0.05) is 33.6 Å². The van der Waals surface area contributed by atoms with Crippen LogP contribution in [0.1, 0.15) is 57.5 Å². The summed E-state index contributed by atoms with van der Waals surface area (Å²) in [5.41, 5.74) is 4.32. The Morgan fingerprint density at radius 1 is 0.525 bits per heavy atom. The minimum absolute atomic E-state index is 0.131. The number of aromatic nitrogens is 2. The Morgan fingerprint density at radius 3 is 1.32 bits per heavy atom. The van der Waals surface area contributed by atoms with E-state index < -0.39 is 23.4 Å². The average molecular weight is 789 g/mol. The molecule has 0 bridgehead atoms. The summed E-state index contributed by atoms with van der Waals surface area (Å²) < 4.78 is 37.0. The molecule has 0 fully saturated rings. The van der Waals surface area contributed by atoms with Crippen LogP contribution >= 0.6 is 0 Å². The molecule has 6 aromatic carbocycles. The third kappa shape index (κ3) is 8.77. The highest BCUT2D eigenvalue weighted by Gasteiger charge is 2.31. The number of hydrogen-bond acceptors (Lipinski definition) is 10. The molecule has 0 saturated carbocycles. The smallest absolute Gasteiger partial charge is 0.245 e. The normalized spacial score (nSPS) is 12.9. The van der Waals surface area contributed by atoms with E-state index in [1.54, 1.807) is 36.4 Å². The van der Waals surface area contributed by atoms with Gasteiger partial charge in [-0.15, -0.1) is 0 Å². The molecular formula is C49H44N2O8. The van der Waals surface area contributed by atoms with Crippen molar-refractivity contribution in [1.29, 1.82) is 0 Å². The highest BCUT2D eigenvalue weighted by molar-refractivity contribution is 6.10. The van der Waals surface area contributed by atoms with Gasteiger partial charge in [0.15, 0.2) is 16.9 Å². The van der Waals surface area contributed by atoms with Crippen LogP contribution in [0.5, 0.6) is 28.7 Å². The first-order chi connectivity index (χ1) is 28.3. The topological polar surface area (TPSA) is 126 Å². The molecule has 0 aliphatic heterocycles. The van der Waals surface area contributed by atoms with Crippen molar-refractivity contribution >= 4 is 28.0 Å². The number of carbonyl (C=O) groups excluding carboxylic acids is 1. The van der Waals surface area contributed by atoms with Crippen LogP contribution in [0.25, 0.3) is 45.1 Å². The SMILES string of the molecule is CC(C)(C)C(Oc1ccc(C(=O)c2ccc(OC(Oc3ccc(-c4nc5ccccc5o4)cc3)C(C)(C)C)cc2O)cc1)Oc1ccc(-c2nc3ccccc3o2)cc1. The molecule has 10 heteroatoms. The molecule has 2 unspecified atom stereocenters. The number of fused-ring (bicyclic) bond motifs is 2. The number of carbonyl (C=O) groups is 1. The Kier molecular flexibility index (Phi) is 10.3. The standard InChI is InChI=1S/C49H44N2O8/c1-48(2,3)46(55-34-23-17-31(18-24-34)44-50-38-11-7-9-13-41(38)58-44)54-33-21-15-30(16-22-33)43(53)37-28-27-36(29-40(37)52)57-47(49(4,5)6)56-35-25-19-32(20-26-35)45-51-39-12-8-10-14-42(39)59-45/h7-29,46-47,52H,1-6H3. The molecule has 0 amide bonds. The van der Waals surface area contributed by atoms with E-state index in [4.69, 9.17) is 27.8 Å². The Balaban J connectivity index is 0.904. The number of rotatable bonds is 12. The predicted molar refractivity (Wildman–Crippen MR) is 226 cm³/mol. The number of oxazole rings is 2. The van der Waals surface area contributed by atoms with E-state index in [1.807, 2.05) is 139 Å². The Hall–Kier alpha value is -7.07. The second kappa shape index (κ2) is 15.7. The second-order valence-electron chi connectivity index (χ2n) is 16.4. The monoisotopic (exact) mass is 788 g/mol. The Bertz CT molecular complexity index is 2650. The van der Waals surface area contributed by atoms with Crippen LogP contribution in [0.3, 0.4) is 0 Å².